The Kier molecular flexibility index (Phi) is 4.88. The summed E-state index contributed by atoms with van der Waals surface area (Å²) in [5, 5.41) is 7.78. The van der Waals surface area contributed by atoms with Crippen molar-refractivity contribution in [3.63, 3.8) is 0 Å². The third kappa shape index (κ3) is 3.05. The van der Waals surface area contributed by atoms with Gasteiger partial charge < -0.3 is 15.2 Å². The number of hydrogen-bond acceptors (Lipinski definition) is 2. The van der Waals surface area contributed by atoms with Crippen molar-refractivity contribution >= 4 is 34.9 Å². The molecule has 1 aromatic heterocycles. The van der Waals surface area contributed by atoms with Crippen molar-refractivity contribution in [1.29, 1.82) is 0 Å². The average molecular weight is 348 g/mol. The molecule has 0 bridgehead atoms. The van der Waals surface area contributed by atoms with Gasteiger partial charge in [-0.05, 0) is 67.8 Å². The van der Waals surface area contributed by atoms with Crippen LogP contribution in [0.3, 0.4) is 0 Å². The van der Waals surface area contributed by atoms with E-state index in [2.05, 4.69) is 46.5 Å². The van der Waals surface area contributed by atoms with E-state index in [4.69, 9.17) is 0 Å². The molecule has 5 heteroatoms. The van der Waals surface area contributed by atoms with E-state index in [0.29, 0.717) is 5.41 Å². The molecule has 2 heterocycles. The Balaban J connectivity index is 0.00000169. The van der Waals surface area contributed by atoms with Gasteiger partial charge in [0.2, 0.25) is 5.91 Å². The van der Waals surface area contributed by atoms with E-state index >= 15 is 0 Å². The van der Waals surface area contributed by atoms with Crippen molar-refractivity contribution in [2.75, 3.05) is 18.4 Å². The maximum atomic E-state index is 12.6. The molecule has 1 aliphatic heterocycles. The number of halogens is 1. The molecular weight excluding hydrogens is 322 g/mol. The Morgan fingerprint density at radius 1 is 1.33 bits per heavy atom. The highest BCUT2D eigenvalue weighted by Gasteiger charge is 2.57. The number of benzene rings is 1. The quantitative estimate of drug-likeness (QED) is 0.883. The van der Waals surface area contributed by atoms with Crippen LogP contribution in [0.25, 0.3) is 10.9 Å². The van der Waals surface area contributed by atoms with E-state index in [9.17, 15) is 4.79 Å². The van der Waals surface area contributed by atoms with Crippen molar-refractivity contribution in [1.82, 2.24) is 9.88 Å². The molecule has 4 nitrogen and oxygen atoms in total. The predicted octanol–water partition coefficient (Wildman–Crippen LogP) is 3.80. The van der Waals surface area contributed by atoms with Gasteiger partial charge in [-0.2, -0.15) is 0 Å². The number of aryl methyl sites for hydroxylation is 1. The summed E-state index contributed by atoms with van der Waals surface area (Å²) >= 11 is 0. The number of amides is 1. The number of anilines is 1. The van der Waals surface area contributed by atoms with Gasteiger partial charge in [-0.15, -0.1) is 12.4 Å². The zero-order valence-corrected chi connectivity index (χ0v) is 15.0. The molecule has 1 saturated carbocycles. The standard InChI is InChI=1S/C19H25N3O.ClH/c1-2-10-22-11-5-14-3-4-15(12-17(14)22)21-18(23)16-13-19(16)6-8-20-9-7-19;/h3-5,11-12,16,20H,2,6-10,13H2,1H3,(H,21,23);1H. The van der Waals surface area contributed by atoms with Crippen LogP contribution in [0.5, 0.6) is 0 Å². The van der Waals surface area contributed by atoms with Crippen LogP contribution in [0.2, 0.25) is 0 Å². The van der Waals surface area contributed by atoms with Gasteiger partial charge in [0.05, 0.1) is 5.52 Å². The largest absolute Gasteiger partial charge is 0.347 e. The van der Waals surface area contributed by atoms with Crippen LogP contribution in [0, 0.1) is 11.3 Å². The lowest BCUT2D eigenvalue weighted by Gasteiger charge is -2.23. The topological polar surface area (TPSA) is 46.1 Å². The van der Waals surface area contributed by atoms with Gasteiger partial charge in [-0.3, -0.25) is 4.79 Å². The lowest BCUT2D eigenvalue weighted by atomic mass is 9.92. The Morgan fingerprint density at radius 3 is 2.88 bits per heavy atom. The summed E-state index contributed by atoms with van der Waals surface area (Å²) in [7, 11) is 0. The predicted molar refractivity (Wildman–Crippen MR) is 101 cm³/mol. The number of fused-ring (bicyclic) bond motifs is 1. The number of carbonyl (C=O) groups excluding carboxylic acids is 1. The summed E-state index contributed by atoms with van der Waals surface area (Å²) in [5.74, 6) is 0.419. The molecule has 2 aliphatic rings. The molecule has 24 heavy (non-hydrogen) atoms. The Labute approximate surface area is 149 Å². The summed E-state index contributed by atoms with van der Waals surface area (Å²) in [6, 6.07) is 8.38. The van der Waals surface area contributed by atoms with Gasteiger partial charge in [0.25, 0.3) is 0 Å². The lowest BCUT2D eigenvalue weighted by Crippen LogP contribution is -2.31. The molecule has 4 rings (SSSR count). The second-order valence-corrected chi connectivity index (χ2v) is 7.14. The molecule has 1 atom stereocenters. The van der Waals surface area contributed by atoms with Crippen LogP contribution in [-0.4, -0.2) is 23.6 Å². The van der Waals surface area contributed by atoms with Crippen molar-refractivity contribution < 1.29 is 4.79 Å². The van der Waals surface area contributed by atoms with Crippen molar-refractivity contribution in [3.05, 3.63) is 30.5 Å². The van der Waals surface area contributed by atoms with Gasteiger partial charge in [0.15, 0.2) is 0 Å². The lowest BCUT2D eigenvalue weighted by molar-refractivity contribution is -0.118. The monoisotopic (exact) mass is 347 g/mol. The Hall–Kier alpha value is -1.52. The second-order valence-electron chi connectivity index (χ2n) is 7.14. The molecule has 1 aliphatic carbocycles. The minimum Gasteiger partial charge on any atom is -0.347 e. The van der Waals surface area contributed by atoms with Crippen molar-refractivity contribution in [2.24, 2.45) is 11.3 Å². The van der Waals surface area contributed by atoms with Crippen LogP contribution < -0.4 is 10.6 Å². The van der Waals surface area contributed by atoms with Gasteiger partial charge in [0.1, 0.15) is 0 Å². The zero-order valence-electron chi connectivity index (χ0n) is 14.2. The molecular formula is C19H26ClN3O. The number of rotatable bonds is 4. The van der Waals surface area contributed by atoms with Gasteiger partial charge >= 0.3 is 0 Å². The van der Waals surface area contributed by atoms with E-state index in [0.717, 1.165) is 51.0 Å². The number of carbonyl (C=O) groups is 1. The van der Waals surface area contributed by atoms with Crippen LogP contribution >= 0.6 is 12.4 Å². The first-order valence-electron chi connectivity index (χ1n) is 8.82. The Morgan fingerprint density at radius 2 is 2.12 bits per heavy atom. The molecule has 1 aromatic carbocycles. The normalized spacial score (nSPS) is 21.5. The second kappa shape index (κ2) is 6.77. The first-order chi connectivity index (χ1) is 11.2. The van der Waals surface area contributed by atoms with E-state index in [1.807, 2.05) is 6.07 Å². The summed E-state index contributed by atoms with van der Waals surface area (Å²) in [6.45, 7) is 5.31. The molecule has 1 saturated heterocycles. The fourth-order valence-corrected chi connectivity index (χ4v) is 4.12. The SMILES string of the molecule is CCCn1ccc2ccc(NC(=O)C3CC34CCNCC4)cc21.Cl. The van der Waals surface area contributed by atoms with E-state index in [1.165, 1.54) is 10.9 Å². The number of nitrogens with one attached hydrogen (secondary N) is 2. The van der Waals surface area contributed by atoms with Crippen molar-refractivity contribution in [3.8, 4) is 0 Å². The molecule has 1 unspecified atom stereocenters. The Bertz CT molecular complexity index is 733. The fraction of sp³-hybridized carbons (Fsp3) is 0.526. The van der Waals surface area contributed by atoms with E-state index in [-0.39, 0.29) is 24.2 Å². The van der Waals surface area contributed by atoms with E-state index in [1.54, 1.807) is 0 Å². The summed E-state index contributed by atoms with van der Waals surface area (Å²) in [4.78, 5) is 12.6. The van der Waals surface area contributed by atoms with E-state index < -0.39 is 0 Å². The first kappa shape index (κ1) is 17.3. The van der Waals surface area contributed by atoms with Gasteiger partial charge in [0, 0.05) is 24.3 Å². The highest BCUT2D eigenvalue weighted by Crippen LogP contribution is 2.58. The van der Waals surface area contributed by atoms with Crippen LogP contribution in [0.15, 0.2) is 30.5 Å². The maximum absolute atomic E-state index is 12.6. The van der Waals surface area contributed by atoms with Gasteiger partial charge in [-0.25, -0.2) is 0 Å². The molecule has 0 radical (unpaired) electrons. The highest BCUT2D eigenvalue weighted by molar-refractivity contribution is 5.97. The number of piperidine rings is 1. The highest BCUT2D eigenvalue weighted by atomic mass is 35.5. The molecule has 2 aromatic rings. The summed E-state index contributed by atoms with van der Waals surface area (Å²) in [5.41, 5.74) is 2.42. The van der Waals surface area contributed by atoms with Gasteiger partial charge in [-0.1, -0.05) is 13.0 Å². The number of nitrogens with zero attached hydrogens (tertiary/aromatic N) is 1. The minimum atomic E-state index is 0. The number of aromatic nitrogens is 1. The zero-order chi connectivity index (χ0) is 15.9. The van der Waals surface area contributed by atoms with Crippen LogP contribution in [0.4, 0.5) is 5.69 Å². The smallest absolute Gasteiger partial charge is 0.228 e. The van der Waals surface area contributed by atoms with Crippen molar-refractivity contribution in [2.45, 2.75) is 39.2 Å². The number of hydrogen-bond donors (Lipinski definition) is 2. The minimum absolute atomic E-state index is 0. The van der Waals surface area contributed by atoms with Crippen LogP contribution in [0.1, 0.15) is 32.6 Å². The fourth-order valence-electron chi connectivity index (χ4n) is 4.12. The maximum Gasteiger partial charge on any atom is 0.228 e. The summed E-state index contributed by atoms with van der Waals surface area (Å²) < 4.78 is 2.26. The molecule has 2 fully saturated rings. The molecule has 130 valence electrons. The third-order valence-electron chi connectivity index (χ3n) is 5.61. The molecule has 1 spiro atoms. The van der Waals surface area contributed by atoms with Crippen LogP contribution in [-0.2, 0) is 11.3 Å². The molecule has 1 amide bonds. The average Bonchev–Trinajstić information content (AvgIpc) is 3.11. The third-order valence-corrected chi connectivity index (χ3v) is 5.61. The molecule has 2 N–H and O–H groups in total. The summed E-state index contributed by atoms with van der Waals surface area (Å²) in [6.07, 6.45) is 6.59. The first-order valence-corrected chi connectivity index (χ1v) is 8.82.